The number of rotatable bonds is 2. The molecule has 0 saturated carbocycles. The predicted octanol–water partition coefficient (Wildman–Crippen LogP) is 4.19. The van der Waals surface area contributed by atoms with Crippen LogP contribution < -0.4 is 11.5 Å². The van der Waals surface area contributed by atoms with E-state index >= 15 is 0 Å². The maximum Gasteiger partial charge on any atom is 0.0627 e. The van der Waals surface area contributed by atoms with E-state index in [4.69, 9.17) is 11.5 Å². The summed E-state index contributed by atoms with van der Waals surface area (Å²) in [5.41, 5.74) is 17.6. The first-order valence-corrected chi connectivity index (χ1v) is 6.55. The fourth-order valence-electron chi connectivity index (χ4n) is 2.33. The molecule has 2 nitrogen and oxygen atoms in total. The molecule has 20 heavy (non-hydrogen) atoms. The van der Waals surface area contributed by atoms with Crippen LogP contribution in [0.1, 0.15) is 0 Å². The molecular weight excluding hydrogens is 244 g/mol. The molecule has 3 rings (SSSR count). The topological polar surface area (TPSA) is 52.0 Å². The number of para-hydroxylation sites is 1. The molecule has 0 saturated heterocycles. The second-order valence-corrected chi connectivity index (χ2v) is 4.76. The third kappa shape index (κ3) is 2.24. The monoisotopic (exact) mass is 260 g/mol. The summed E-state index contributed by atoms with van der Waals surface area (Å²) in [5.74, 6) is 0. The van der Waals surface area contributed by atoms with Crippen molar-refractivity contribution in [2.24, 2.45) is 0 Å². The van der Waals surface area contributed by atoms with Crippen molar-refractivity contribution in [3.05, 3.63) is 72.8 Å². The van der Waals surface area contributed by atoms with E-state index in [2.05, 4.69) is 30.3 Å². The normalized spacial score (nSPS) is 10.4. The lowest BCUT2D eigenvalue weighted by atomic mass is 9.98. The van der Waals surface area contributed by atoms with E-state index in [-0.39, 0.29) is 0 Å². The van der Waals surface area contributed by atoms with Gasteiger partial charge in [0.15, 0.2) is 0 Å². The van der Waals surface area contributed by atoms with Gasteiger partial charge < -0.3 is 11.5 Å². The lowest BCUT2D eigenvalue weighted by Crippen LogP contribution is -1.96. The Balaban J connectivity index is 2.10. The summed E-state index contributed by atoms with van der Waals surface area (Å²) in [6, 6.07) is 24.4. The van der Waals surface area contributed by atoms with Gasteiger partial charge in [-0.25, -0.2) is 0 Å². The average Bonchev–Trinajstić information content (AvgIpc) is 2.51. The van der Waals surface area contributed by atoms with Gasteiger partial charge in [0.2, 0.25) is 0 Å². The summed E-state index contributed by atoms with van der Waals surface area (Å²) < 4.78 is 0. The third-order valence-corrected chi connectivity index (χ3v) is 3.42. The van der Waals surface area contributed by atoms with E-state index < -0.39 is 0 Å². The first-order valence-electron chi connectivity index (χ1n) is 6.55. The van der Waals surface area contributed by atoms with Crippen LogP contribution in [0.4, 0.5) is 11.4 Å². The molecule has 0 unspecified atom stereocenters. The van der Waals surface area contributed by atoms with Gasteiger partial charge in [0, 0.05) is 5.56 Å². The van der Waals surface area contributed by atoms with Crippen molar-refractivity contribution in [1.29, 1.82) is 0 Å². The smallest absolute Gasteiger partial charge is 0.0627 e. The number of nitrogen functional groups attached to an aromatic ring is 2. The highest BCUT2D eigenvalue weighted by Gasteiger charge is 2.06. The molecule has 0 radical (unpaired) electrons. The molecule has 0 aromatic heterocycles. The Labute approximate surface area is 118 Å². The summed E-state index contributed by atoms with van der Waals surface area (Å²) >= 11 is 0. The maximum atomic E-state index is 6.08. The lowest BCUT2D eigenvalue weighted by Gasteiger charge is -2.10. The summed E-state index contributed by atoms with van der Waals surface area (Å²) in [4.78, 5) is 0. The molecule has 4 N–H and O–H groups in total. The fourth-order valence-corrected chi connectivity index (χ4v) is 2.33. The van der Waals surface area contributed by atoms with E-state index in [1.54, 1.807) is 0 Å². The Bertz CT molecular complexity index is 733. The molecule has 2 heteroatoms. The van der Waals surface area contributed by atoms with Gasteiger partial charge in [-0.2, -0.15) is 0 Å². The largest absolute Gasteiger partial charge is 0.397 e. The number of benzene rings is 3. The van der Waals surface area contributed by atoms with Gasteiger partial charge in [-0.1, -0.05) is 60.7 Å². The molecule has 0 aliphatic rings. The lowest BCUT2D eigenvalue weighted by molar-refractivity contribution is 1.58. The standard InChI is InChI=1S/C18H16N2/c19-17-11-5-10-16(18(17)20)15-9-4-8-14(12-15)13-6-2-1-3-7-13/h1-12H,19-20H2. The third-order valence-electron chi connectivity index (χ3n) is 3.42. The van der Waals surface area contributed by atoms with Crippen molar-refractivity contribution in [3.8, 4) is 22.3 Å². The number of anilines is 2. The zero-order valence-electron chi connectivity index (χ0n) is 11.1. The predicted molar refractivity (Wildman–Crippen MR) is 86.1 cm³/mol. The minimum Gasteiger partial charge on any atom is -0.397 e. The second-order valence-electron chi connectivity index (χ2n) is 4.76. The van der Waals surface area contributed by atoms with Crippen LogP contribution in [0.15, 0.2) is 72.8 Å². The van der Waals surface area contributed by atoms with E-state index in [0.29, 0.717) is 11.4 Å². The van der Waals surface area contributed by atoms with Gasteiger partial charge in [-0.3, -0.25) is 0 Å². The van der Waals surface area contributed by atoms with E-state index in [1.807, 2.05) is 42.5 Å². The quantitative estimate of drug-likeness (QED) is 0.679. The van der Waals surface area contributed by atoms with Gasteiger partial charge in [0.1, 0.15) is 0 Å². The minimum absolute atomic E-state index is 0.618. The molecular formula is C18H16N2. The van der Waals surface area contributed by atoms with Crippen LogP contribution in [-0.2, 0) is 0 Å². The summed E-state index contributed by atoms with van der Waals surface area (Å²) in [6.07, 6.45) is 0. The van der Waals surface area contributed by atoms with E-state index in [0.717, 1.165) is 11.1 Å². The molecule has 3 aromatic rings. The molecule has 3 aromatic carbocycles. The Morgan fingerprint density at radius 2 is 1.20 bits per heavy atom. The zero-order chi connectivity index (χ0) is 13.9. The summed E-state index contributed by atoms with van der Waals surface area (Å²) in [5, 5.41) is 0. The zero-order valence-corrected chi connectivity index (χ0v) is 11.1. The van der Waals surface area contributed by atoms with Crippen molar-refractivity contribution in [3.63, 3.8) is 0 Å². The molecule has 0 heterocycles. The molecule has 0 aliphatic heterocycles. The van der Waals surface area contributed by atoms with Crippen LogP contribution in [-0.4, -0.2) is 0 Å². The van der Waals surface area contributed by atoms with Gasteiger partial charge in [0.05, 0.1) is 11.4 Å². The number of nitrogens with two attached hydrogens (primary N) is 2. The highest BCUT2D eigenvalue weighted by molar-refractivity contribution is 5.86. The average molecular weight is 260 g/mol. The molecule has 98 valence electrons. The van der Waals surface area contributed by atoms with Gasteiger partial charge in [0.25, 0.3) is 0 Å². The van der Waals surface area contributed by atoms with Crippen LogP contribution in [0.3, 0.4) is 0 Å². The Morgan fingerprint density at radius 3 is 2.00 bits per heavy atom. The molecule has 0 bridgehead atoms. The number of hydrogen-bond donors (Lipinski definition) is 2. The van der Waals surface area contributed by atoms with Crippen LogP contribution in [0.2, 0.25) is 0 Å². The van der Waals surface area contributed by atoms with Crippen molar-refractivity contribution in [2.45, 2.75) is 0 Å². The number of hydrogen-bond acceptors (Lipinski definition) is 2. The second kappa shape index (κ2) is 5.10. The first kappa shape index (κ1) is 12.3. The Kier molecular flexibility index (Phi) is 3.13. The molecule has 0 amide bonds. The van der Waals surface area contributed by atoms with Crippen molar-refractivity contribution in [1.82, 2.24) is 0 Å². The molecule has 0 fully saturated rings. The molecule has 0 atom stereocenters. The van der Waals surface area contributed by atoms with Gasteiger partial charge in [-0.05, 0) is 28.8 Å². The Morgan fingerprint density at radius 1 is 0.550 bits per heavy atom. The van der Waals surface area contributed by atoms with Crippen LogP contribution >= 0.6 is 0 Å². The van der Waals surface area contributed by atoms with Crippen molar-refractivity contribution < 1.29 is 0 Å². The van der Waals surface area contributed by atoms with Crippen LogP contribution in [0, 0.1) is 0 Å². The van der Waals surface area contributed by atoms with Crippen LogP contribution in [0.25, 0.3) is 22.3 Å². The minimum atomic E-state index is 0.618. The van der Waals surface area contributed by atoms with E-state index in [1.165, 1.54) is 11.1 Å². The summed E-state index contributed by atoms with van der Waals surface area (Å²) in [6.45, 7) is 0. The highest BCUT2D eigenvalue weighted by Crippen LogP contribution is 2.32. The van der Waals surface area contributed by atoms with Gasteiger partial charge >= 0.3 is 0 Å². The molecule has 0 spiro atoms. The van der Waals surface area contributed by atoms with Crippen LogP contribution in [0.5, 0.6) is 0 Å². The maximum absolute atomic E-state index is 6.08. The van der Waals surface area contributed by atoms with Gasteiger partial charge in [-0.15, -0.1) is 0 Å². The molecule has 0 aliphatic carbocycles. The SMILES string of the molecule is Nc1cccc(-c2cccc(-c3ccccc3)c2)c1N. The Hall–Kier alpha value is -2.74. The summed E-state index contributed by atoms with van der Waals surface area (Å²) in [7, 11) is 0. The van der Waals surface area contributed by atoms with E-state index in [9.17, 15) is 0 Å². The van der Waals surface area contributed by atoms with Crippen molar-refractivity contribution >= 4 is 11.4 Å². The highest BCUT2D eigenvalue weighted by atomic mass is 14.7. The first-order chi connectivity index (χ1) is 9.75. The van der Waals surface area contributed by atoms with Crippen molar-refractivity contribution in [2.75, 3.05) is 11.5 Å². The fraction of sp³-hybridized carbons (Fsp3) is 0.